The second-order valence-electron chi connectivity index (χ2n) is 2.53. The van der Waals surface area contributed by atoms with E-state index in [-0.39, 0.29) is 11.3 Å². The van der Waals surface area contributed by atoms with Gasteiger partial charge in [-0.15, -0.1) is 0 Å². The van der Waals surface area contributed by atoms with E-state index in [4.69, 9.17) is 10.2 Å². The SMILES string of the molecule is O=C(O)C(O)=Cc1ccncc1[N+](=O)[O-]. The van der Waals surface area contributed by atoms with Crippen molar-refractivity contribution in [1.82, 2.24) is 4.98 Å². The highest BCUT2D eigenvalue weighted by molar-refractivity contribution is 5.90. The summed E-state index contributed by atoms with van der Waals surface area (Å²) >= 11 is 0. The molecular formula is C8H6N2O5. The van der Waals surface area contributed by atoms with E-state index in [9.17, 15) is 14.9 Å². The Kier molecular flexibility index (Phi) is 2.97. The first-order chi connectivity index (χ1) is 7.02. The standard InChI is InChI=1S/C8H6N2O5/c11-7(8(12)13)3-5-1-2-9-4-6(5)10(14)15/h1-4,11H,(H,12,13). The van der Waals surface area contributed by atoms with Gasteiger partial charge >= 0.3 is 5.97 Å². The van der Waals surface area contributed by atoms with E-state index >= 15 is 0 Å². The number of nitrogens with zero attached hydrogens (tertiary/aromatic N) is 2. The van der Waals surface area contributed by atoms with Gasteiger partial charge in [0.2, 0.25) is 5.76 Å². The van der Waals surface area contributed by atoms with Gasteiger partial charge in [-0.25, -0.2) is 4.79 Å². The number of aromatic nitrogens is 1. The smallest absolute Gasteiger partial charge is 0.370 e. The first kappa shape index (κ1) is 10.6. The van der Waals surface area contributed by atoms with Crippen LogP contribution >= 0.6 is 0 Å². The minimum atomic E-state index is -1.55. The molecule has 0 saturated carbocycles. The van der Waals surface area contributed by atoms with Crippen LogP contribution in [0, 0.1) is 10.1 Å². The number of hydrogen-bond acceptors (Lipinski definition) is 5. The van der Waals surface area contributed by atoms with Crippen LogP contribution in [0.3, 0.4) is 0 Å². The summed E-state index contributed by atoms with van der Waals surface area (Å²) < 4.78 is 0. The quantitative estimate of drug-likeness (QED) is 0.332. The molecule has 0 bridgehead atoms. The maximum Gasteiger partial charge on any atom is 0.370 e. The Labute approximate surface area is 83.5 Å². The molecule has 2 N–H and O–H groups in total. The molecule has 0 spiro atoms. The Morgan fingerprint density at radius 2 is 2.20 bits per heavy atom. The number of pyridine rings is 1. The summed E-state index contributed by atoms with van der Waals surface area (Å²) in [6, 6.07) is 1.23. The van der Waals surface area contributed by atoms with Gasteiger partial charge in [0, 0.05) is 12.3 Å². The van der Waals surface area contributed by atoms with Crippen molar-refractivity contribution in [1.29, 1.82) is 0 Å². The molecule has 7 heteroatoms. The first-order valence-corrected chi connectivity index (χ1v) is 3.74. The Morgan fingerprint density at radius 1 is 1.53 bits per heavy atom. The average molecular weight is 210 g/mol. The molecule has 0 aliphatic rings. The van der Waals surface area contributed by atoms with E-state index in [0.29, 0.717) is 0 Å². The number of hydrogen-bond donors (Lipinski definition) is 2. The van der Waals surface area contributed by atoms with Gasteiger partial charge in [0.25, 0.3) is 5.69 Å². The molecule has 1 aromatic rings. The van der Waals surface area contributed by atoms with Gasteiger partial charge in [-0.05, 0) is 6.07 Å². The summed E-state index contributed by atoms with van der Waals surface area (Å²) in [4.78, 5) is 23.6. The van der Waals surface area contributed by atoms with E-state index in [1.807, 2.05) is 0 Å². The lowest BCUT2D eigenvalue weighted by atomic mass is 10.2. The van der Waals surface area contributed by atoms with Crippen LogP contribution in [0.15, 0.2) is 24.2 Å². The van der Waals surface area contributed by atoms with Gasteiger partial charge in [-0.1, -0.05) is 0 Å². The fraction of sp³-hybridized carbons (Fsp3) is 0. The number of rotatable bonds is 3. The van der Waals surface area contributed by atoms with Crippen molar-refractivity contribution in [3.05, 3.63) is 39.9 Å². The molecule has 0 fully saturated rings. The molecule has 1 rings (SSSR count). The zero-order valence-corrected chi connectivity index (χ0v) is 7.32. The third kappa shape index (κ3) is 2.50. The lowest BCUT2D eigenvalue weighted by Gasteiger charge is -1.96. The number of carboxylic acids is 1. The zero-order valence-electron chi connectivity index (χ0n) is 7.32. The molecule has 1 aromatic heterocycles. The maximum absolute atomic E-state index is 10.5. The minimum Gasteiger partial charge on any atom is -0.502 e. The third-order valence-electron chi connectivity index (χ3n) is 1.54. The van der Waals surface area contributed by atoms with Crippen LogP contribution < -0.4 is 0 Å². The number of aliphatic hydroxyl groups excluding tert-OH is 1. The van der Waals surface area contributed by atoms with Crippen LogP contribution in [0.5, 0.6) is 0 Å². The third-order valence-corrected chi connectivity index (χ3v) is 1.54. The minimum absolute atomic E-state index is 0.0186. The van der Waals surface area contributed by atoms with Crippen molar-refractivity contribution < 1.29 is 19.9 Å². The molecule has 7 nitrogen and oxygen atoms in total. The summed E-state index contributed by atoms with van der Waals surface area (Å²) in [6.07, 6.45) is 3.02. The van der Waals surface area contributed by atoms with Crippen LogP contribution in [0.25, 0.3) is 6.08 Å². The van der Waals surface area contributed by atoms with Crippen molar-refractivity contribution >= 4 is 17.7 Å². The molecule has 0 radical (unpaired) electrons. The predicted octanol–water partition coefficient (Wildman–Crippen LogP) is 0.973. The lowest BCUT2D eigenvalue weighted by molar-refractivity contribution is -0.385. The van der Waals surface area contributed by atoms with Gasteiger partial charge in [0.1, 0.15) is 6.20 Å². The first-order valence-electron chi connectivity index (χ1n) is 3.74. The largest absolute Gasteiger partial charge is 0.502 e. The van der Waals surface area contributed by atoms with Crippen LogP contribution in [0.4, 0.5) is 5.69 Å². The fourth-order valence-electron chi connectivity index (χ4n) is 0.881. The summed E-state index contributed by atoms with van der Waals surface area (Å²) in [5, 5.41) is 27.8. The lowest BCUT2D eigenvalue weighted by Crippen LogP contribution is -1.99. The van der Waals surface area contributed by atoms with Gasteiger partial charge in [0.15, 0.2) is 0 Å². The topological polar surface area (TPSA) is 114 Å². The van der Waals surface area contributed by atoms with Gasteiger partial charge < -0.3 is 10.2 Å². The van der Waals surface area contributed by atoms with Crippen molar-refractivity contribution in [2.75, 3.05) is 0 Å². The van der Waals surface area contributed by atoms with Gasteiger partial charge in [-0.3, -0.25) is 15.1 Å². The summed E-state index contributed by atoms with van der Waals surface area (Å²) in [5.74, 6) is -2.52. The summed E-state index contributed by atoms with van der Waals surface area (Å²) in [7, 11) is 0. The van der Waals surface area contributed by atoms with E-state index in [1.54, 1.807) is 0 Å². The molecule has 1 heterocycles. The van der Waals surface area contributed by atoms with Crippen LogP contribution in [-0.2, 0) is 4.79 Å². The second-order valence-corrected chi connectivity index (χ2v) is 2.53. The molecule has 0 aliphatic heterocycles. The average Bonchev–Trinajstić information content (AvgIpc) is 2.18. The van der Waals surface area contributed by atoms with Gasteiger partial charge in [0.05, 0.1) is 10.5 Å². The van der Waals surface area contributed by atoms with E-state index in [0.717, 1.165) is 12.3 Å². The monoisotopic (exact) mass is 210 g/mol. The Hall–Kier alpha value is -2.44. The van der Waals surface area contributed by atoms with Crippen LogP contribution in [-0.4, -0.2) is 26.1 Å². The van der Waals surface area contributed by atoms with Crippen molar-refractivity contribution in [3.63, 3.8) is 0 Å². The molecule has 0 aromatic carbocycles. The normalized spacial score (nSPS) is 11.1. The van der Waals surface area contributed by atoms with Crippen molar-refractivity contribution in [2.45, 2.75) is 0 Å². The van der Waals surface area contributed by atoms with Crippen LogP contribution in [0.2, 0.25) is 0 Å². The zero-order chi connectivity index (χ0) is 11.4. The summed E-state index contributed by atoms with van der Waals surface area (Å²) in [6.45, 7) is 0. The molecule has 0 saturated heterocycles. The van der Waals surface area contributed by atoms with Crippen molar-refractivity contribution in [3.8, 4) is 0 Å². The van der Waals surface area contributed by atoms with Crippen LogP contribution in [0.1, 0.15) is 5.56 Å². The molecule has 78 valence electrons. The van der Waals surface area contributed by atoms with E-state index < -0.39 is 16.7 Å². The highest BCUT2D eigenvalue weighted by Crippen LogP contribution is 2.18. The van der Waals surface area contributed by atoms with E-state index in [1.165, 1.54) is 12.3 Å². The molecule has 0 atom stereocenters. The highest BCUT2D eigenvalue weighted by Gasteiger charge is 2.13. The number of nitro groups is 1. The molecule has 0 amide bonds. The Morgan fingerprint density at radius 3 is 2.73 bits per heavy atom. The number of aliphatic hydroxyl groups is 1. The molecule has 15 heavy (non-hydrogen) atoms. The second kappa shape index (κ2) is 4.18. The molecule has 0 aliphatic carbocycles. The number of carbonyl (C=O) groups is 1. The Bertz CT molecular complexity index is 440. The fourth-order valence-corrected chi connectivity index (χ4v) is 0.881. The van der Waals surface area contributed by atoms with Gasteiger partial charge in [-0.2, -0.15) is 0 Å². The maximum atomic E-state index is 10.5. The number of carboxylic acid groups (broad SMARTS) is 1. The predicted molar refractivity (Wildman–Crippen MR) is 49.1 cm³/mol. The molecular weight excluding hydrogens is 204 g/mol. The highest BCUT2D eigenvalue weighted by atomic mass is 16.6. The van der Waals surface area contributed by atoms with Crippen molar-refractivity contribution in [2.24, 2.45) is 0 Å². The van der Waals surface area contributed by atoms with E-state index in [2.05, 4.69) is 4.98 Å². The Balaban J connectivity index is 3.20. The summed E-state index contributed by atoms with van der Waals surface area (Å²) in [5.41, 5.74) is -0.389. The number of aliphatic carboxylic acids is 1. The molecule has 0 unspecified atom stereocenters.